The van der Waals surface area contributed by atoms with Crippen LogP contribution in [0.25, 0.3) is 0 Å². The highest BCUT2D eigenvalue weighted by molar-refractivity contribution is 6.00. The largest absolute Gasteiger partial charge is 0.494 e. The van der Waals surface area contributed by atoms with Crippen molar-refractivity contribution >= 4 is 17.6 Å². The highest BCUT2D eigenvalue weighted by Gasteiger charge is 2.39. The second-order valence-electron chi connectivity index (χ2n) is 3.60. The monoisotopic (exact) mass is 277 g/mol. The fourth-order valence-corrected chi connectivity index (χ4v) is 1.40. The van der Waals surface area contributed by atoms with Gasteiger partial charge in [-0.25, -0.2) is 4.79 Å². The maximum Gasteiger partial charge on any atom is 0.471 e. The smallest absolute Gasteiger partial charge is 0.471 e. The van der Waals surface area contributed by atoms with Gasteiger partial charge in [-0.05, 0) is 18.6 Å². The zero-order valence-corrected chi connectivity index (χ0v) is 9.96. The number of rotatable bonds is 3. The van der Waals surface area contributed by atoms with E-state index >= 15 is 0 Å². The summed E-state index contributed by atoms with van der Waals surface area (Å²) in [6.07, 6.45) is -5.07. The fourth-order valence-electron chi connectivity index (χ4n) is 1.40. The third-order valence-electron chi connectivity index (χ3n) is 2.30. The van der Waals surface area contributed by atoms with Crippen LogP contribution in [0.1, 0.15) is 15.9 Å². The number of carbonyl (C=O) groups is 2. The molecule has 104 valence electrons. The van der Waals surface area contributed by atoms with E-state index in [2.05, 4.69) is 0 Å². The Labute approximate surface area is 106 Å². The molecule has 0 atom stereocenters. The number of alkyl halides is 3. The number of hydrogen-bond donors (Lipinski definition) is 2. The molecule has 0 saturated carbocycles. The van der Waals surface area contributed by atoms with E-state index in [0.29, 0.717) is 0 Å². The van der Waals surface area contributed by atoms with Gasteiger partial charge in [0.05, 0.1) is 12.8 Å². The van der Waals surface area contributed by atoms with Crippen molar-refractivity contribution in [1.29, 1.82) is 0 Å². The molecule has 0 bridgehead atoms. The third kappa shape index (κ3) is 3.15. The molecule has 0 aliphatic carbocycles. The Bertz CT molecular complexity index is 525. The number of halogens is 3. The standard InChI is InChI=1S/C11H10F3NO4/c1-5-3-4-6(9(16)17)8(19-2)7(5)15-10(18)11(12,13)14/h3-4H,1-2H3,(H,15,18)(H,16,17). The molecule has 1 rings (SSSR count). The van der Waals surface area contributed by atoms with E-state index < -0.39 is 18.1 Å². The minimum Gasteiger partial charge on any atom is -0.494 e. The molecular formula is C11H10F3NO4. The molecule has 0 unspecified atom stereocenters. The Hall–Kier alpha value is -2.25. The van der Waals surface area contributed by atoms with Crippen LogP contribution in [0.2, 0.25) is 0 Å². The summed E-state index contributed by atoms with van der Waals surface area (Å²) in [5.41, 5.74) is -0.408. The summed E-state index contributed by atoms with van der Waals surface area (Å²) in [4.78, 5) is 21.8. The first kappa shape index (κ1) is 14.8. The van der Waals surface area contributed by atoms with Gasteiger partial charge in [0, 0.05) is 0 Å². The van der Waals surface area contributed by atoms with Gasteiger partial charge in [-0.3, -0.25) is 4.79 Å². The quantitative estimate of drug-likeness (QED) is 0.888. The van der Waals surface area contributed by atoms with Crippen molar-refractivity contribution in [2.75, 3.05) is 12.4 Å². The summed E-state index contributed by atoms with van der Waals surface area (Å²) < 4.78 is 41.3. The number of amides is 1. The number of aryl methyl sites for hydroxylation is 1. The number of methoxy groups -OCH3 is 1. The van der Waals surface area contributed by atoms with Gasteiger partial charge in [-0.15, -0.1) is 0 Å². The number of ether oxygens (including phenoxy) is 1. The van der Waals surface area contributed by atoms with E-state index in [4.69, 9.17) is 9.84 Å². The summed E-state index contributed by atoms with van der Waals surface area (Å²) in [5, 5.41) is 10.5. The molecular weight excluding hydrogens is 267 g/mol. The summed E-state index contributed by atoms with van der Waals surface area (Å²) in [5.74, 6) is -3.90. The Kier molecular flexibility index (Phi) is 4.03. The molecule has 0 heterocycles. The molecule has 1 aromatic carbocycles. The zero-order valence-electron chi connectivity index (χ0n) is 9.96. The van der Waals surface area contributed by atoms with Crippen molar-refractivity contribution in [1.82, 2.24) is 0 Å². The van der Waals surface area contributed by atoms with Crippen molar-refractivity contribution in [3.05, 3.63) is 23.3 Å². The molecule has 0 aliphatic rings. The Morgan fingerprint density at radius 3 is 2.32 bits per heavy atom. The molecule has 0 aromatic heterocycles. The predicted octanol–water partition coefficient (Wildman–Crippen LogP) is 2.20. The molecule has 0 fully saturated rings. The molecule has 5 nitrogen and oxygen atoms in total. The SMILES string of the molecule is COc1c(C(=O)O)ccc(C)c1NC(=O)C(F)(F)F. The van der Waals surface area contributed by atoms with Gasteiger partial charge in [0.2, 0.25) is 0 Å². The number of carboxylic acid groups (broad SMARTS) is 1. The van der Waals surface area contributed by atoms with Crippen molar-refractivity contribution in [3.8, 4) is 5.75 Å². The van der Waals surface area contributed by atoms with Gasteiger partial charge in [0.1, 0.15) is 5.56 Å². The number of carboxylic acids is 1. The second-order valence-corrected chi connectivity index (χ2v) is 3.60. The van der Waals surface area contributed by atoms with Crippen LogP contribution in [0.3, 0.4) is 0 Å². The van der Waals surface area contributed by atoms with Gasteiger partial charge in [-0.2, -0.15) is 13.2 Å². The van der Waals surface area contributed by atoms with Crippen LogP contribution in [0.4, 0.5) is 18.9 Å². The third-order valence-corrected chi connectivity index (χ3v) is 2.30. The number of benzene rings is 1. The van der Waals surface area contributed by atoms with Gasteiger partial charge >= 0.3 is 18.1 Å². The minimum absolute atomic E-state index is 0.249. The van der Waals surface area contributed by atoms with Crippen molar-refractivity contribution in [3.63, 3.8) is 0 Å². The van der Waals surface area contributed by atoms with Gasteiger partial charge in [0.15, 0.2) is 5.75 Å². The lowest BCUT2D eigenvalue weighted by Crippen LogP contribution is -2.30. The normalized spacial score (nSPS) is 11.0. The number of anilines is 1. The maximum atomic E-state index is 12.2. The molecule has 1 amide bonds. The number of aromatic carboxylic acids is 1. The van der Waals surface area contributed by atoms with Crippen LogP contribution >= 0.6 is 0 Å². The lowest BCUT2D eigenvalue weighted by molar-refractivity contribution is -0.167. The van der Waals surface area contributed by atoms with Crippen molar-refractivity contribution < 1.29 is 32.6 Å². The Balaban J connectivity index is 3.30. The van der Waals surface area contributed by atoms with Gasteiger partial charge in [0.25, 0.3) is 0 Å². The highest BCUT2D eigenvalue weighted by Crippen LogP contribution is 2.33. The van der Waals surface area contributed by atoms with Crippen LogP contribution < -0.4 is 10.1 Å². The zero-order chi connectivity index (χ0) is 14.8. The number of hydrogen-bond acceptors (Lipinski definition) is 3. The molecule has 19 heavy (non-hydrogen) atoms. The maximum absolute atomic E-state index is 12.2. The van der Waals surface area contributed by atoms with E-state index in [9.17, 15) is 22.8 Å². The summed E-state index contributed by atoms with van der Waals surface area (Å²) in [6, 6.07) is 2.46. The van der Waals surface area contributed by atoms with E-state index in [1.54, 1.807) is 5.32 Å². The average Bonchev–Trinajstić information content (AvgIpc) is 2.29. The Morgan fingerprint density at radius 2 is 1.89 bits per heavy atom. The summed E-state index contributed by atoms with van der Waals surface area (Å²) in [7, 11) is 1.10. The van der Waals surface area contributed by atoms with E-state index in [1.807, 2.05) is 0 Å². The summed E-state index contributed by atoms with van der Waals surface area (Å²) in [6.45, 7) is 1.42. The summed E-state index contributed by atoms with van der Waals surface area (Å²) >= 11 is 0. The van der Waals surface area contributed by atoms with E-state index in [0.717, 1.165) is 7.11 Å². The van der Waals surface area contributed by atoms with E-state index in [1.165, 1.54) is 19.1 Å². The lowest BCUT2D eigenvalue weighted by atomic mass is 10.1. The predicted molar refractivity (Wildman–Crippen MR) is 59.4 cm³/mol. The molecule has 0 aliphatic heterocycles. The number of nitrogens with one attached hydrogen (secondary N) is 1. The minimum atomic E-state index is -5.07. The average molecular weight is 277 g/mol. The highest BCUT2D eigenvalue weighted by atomic mass is 19.4. The van der Waals surface area contributed by atoms with Gasteiger partial charge in [-0.1, -0.05) is 6.07 Å². The second kappa shape index (κ2) is 5.17. The molecule has 1 aromatic rings. The van der Waals surface area contributed by atoms with Gasteiger partial charge < -0.3 is 15.2 Å². The van der Waals surface area contributed by atoms with Crippen LogP contribution in [0.15, 0.2) is 12.1 Å². The first-order valence-electron chi connectivity index (χ1n) is 4.97. The van der Waals surface area contributed by atoms with Crippen LogP contribution in [-0.4, -0.2) is 30.3 Å². The number of carbonyl (C=O) groups excluding carboxylic acids is 1. The molecule has 0 radical (unpaired) electrons. The molecule has 0 spiro atoms. The van der Waals surface area contributed by atoms with E-state index in [-0.39, 0.29) is 22.6 Å². The van der Waals surface area contributed by atoms with Crippen LogP contribution in [0, 0.1) is 6.92 Å². The first-order valence-corrected chi connectivity index (χ1v) is 4.97. The topological polar surface area (TPSA) is 75.6 Å². The lowest BCUT2D eigenvalue weighted by Gasteiger charge is -2.15. The molecule has 0 saturated heterocycles. The van der Waals surface area contributed by atoms with Crippen molar-refractivity contribution in [2.45, 2.75) is 13.1 Å². The van der Waals surface area contributed by atoms with Crippen LogP contribution in [-0.2, 0) is 4.79 Å². The fraction of sp³-hybridized carbons (Fsp3) is 0.273. The van der Waals surface area contributed by atoms with Crippen molar-refractivity contribution in [2.24, 2.45) is 0 Å². The Morgan fingerprint density at radius 1 is 1.32 bits per heavy atom. The molecule has 2 N–H and O–H groups in total. The first-order chi connectivity index (χ1) is 8.68. The molecule has 8 heteroatoms. The van der Waals surface area contributed by atoms with Crippen LogP contribution in [0.5, 0.6) is 5.75 Å².